The van der Waals surface area contributed by atoms with Gasteiger partial charge in [-0.15, -0.1) is 23.5 Å². The van der Waals surface area contributed by atoms with Crippen LogP contribution in [0.4, 0.5) is 5.69 Å². The highest BCUT2D eigenvalue weighted by molar-refractivity contribution is 7.98. The number of amides is 1. The number of anilines is 1. The summed E-state index contributed by atoms with van der Waals surface area (Å²) in [5, 5.41) is 0. The molecule has 0 aliphatic carbocycles. The second kappa shape index (κ2) is 10.6. The Morgan fingerprint density at radius 1 is 1.03 bits per heavy atom. The average Bonchev–Trinajstić information content (AvgIpc) is 2.81. The monoisotopic (exact) mass is 486 g/mol. The molecule has 1 aliphatic heterocycles. The Hall–Kier alpha value is -2.26. The summed E-state index contributed by atoms with van der Waals surface area (Å²) in [6.45, 7) is 5.32. The number of thioether (sulfide) groups is 2. The zero-order valence-corrected chi connectivity index (χ0v) is 20.6. The van der Waals surface area contributed by atoms with E-state index in [4.69, 9.17) is 0 Å². The Labute approximate surface area is 198 Å². The highest BCUT2D eigenvalue weighted by atomic mass is 32.2. The van der Waals surface area contributed by atoms with Gasteiger partial charge >= 0.3 is 0 Å². The number of allylic oxidation sites excluding steroid dienone is 4. The van der Waals surface area contributed by atoms with Crippen molar-refractivity contribution in [1.29, 1.82) is 0 Å². The number of nitrogens with one attached hydrogen (secondary N) is 1. The first-order valence-electron chi connectivity index (χ1n) is 9.95. The van der Waals surface area contributed by atoms with Crippen LogP contribution in [-0.4, -0.2) is 32.9 Å². The van der Waals surface area contributed by atoms with Crippen molar-refractivity contribution in [1.82, 2.24) is 4.72 Å². The van der Waals surface area contributed by atoms with Crippen LogP contribution in [0.15, 0.2) is 94.1 Å². The van der Waals surface area contributed by atoms with Crippen LogP contribution in [0.1, 0.15) is 18.5 Å². The Bertz CT molecular complexity index is 1140. The molecule has 1 heterocycles. The molecule has 0 saturated carbocycles. The number of hydrogen-bond donors (Lipinski definition) is 1. The number of β-lactam (4-membered cyclic amide) rings is 1. The second-order valence-electron chi connectivity index (χ2n) is 7.03. The van der Waals surface area contributed by atoms with Crippen LogP contribution in [0.25, 0.3) is 0 Å². The molecule has 1 fully saturated rings. The van der Waals surface area contributed by atoms with Gasteiger partial charge in [0.15, 0.2) is 0 Å². The number of nitrogens with zero attached hydrogens (tertiary/aromatic N) is 1. The van der Waals surface area contributed by atoms with E-state index < -0.39 is 22.1 Å². The number of sulfonamides is 1. The molecule has 1 N–H and O–H groups in total. The first-order valence-corrected chi connectivity index (χ1v) is 13.9. The van der Waals surface area contributed by atoms with Crippen molar-refractivity contribution in [3.05, 3.63) is 89.9 Å². The van der Waals surface area contributed by atoms with Gasteiger partial charge in [0, 0.05) is 15.5 Å². The lowest BCUT2D eigenvalue weighted by atomic mass is 9.88. The van der Waals surface area contributed by atoms with Crippen molar-refractivity contribution >= 4 is 45.1 Å². The molecule has 1 saturated heterocycles. The fraction of sp³-hybridized carbons (Fsp3) is 0.208. The first-order chi connectivity index (χ1) is 15.4. The zero-order valence-electron chi connectivity index (χ0n) is 18.2. The first kappa shape index (κ1) is 24.4. The van der Waals surface area contributed by atoms with Crippen LogP contribution in [0.5, 0.6) is 0 Å². The van der Waals surface area contributed by atoms with Gasteiger partial charge in [0.2, 0.25) is 15.9 Å². The fourth-order valence-corrected chi connectivity index (χ4v) is 5.63. The normalized spacial score (nSPS) is 19.3. The third-order valence-electron chi connectivity index (χ3n) is 5.11. The molecule has 32 heavy (non-hydrogen) atoms. The molecule has 5 nitrogen and oxygen atoms in total. The molecule has 2 aromatic rings. The molecule has 1 aliphatic rings. The summed E-state index contributed by atoms with van der Waals surface area (Å²) in [5.74, 6) is -0.289. The average molecular weight is 487 g/mol. The van der Waals surface area contributed by atoms with Crippen molar-refractivity contribution in [2.45, 2.75) is 28.8 Å². The van der Waals surface area contributed by atoms with E-state index in [1.807, 2.05) is 61.0 Å². The molecule has 168 valence electrons. The molecule has 2 unspecified atom stereocenters. The lowest BCUT2D eigenvalue weighted by Crippen LogP contribution is -2.65. The third kappa shape index (κ3) is 5.04. The van der Waals surface area contributed by atoms with E-state index in [1.54, 1.807) is 41.4 Å². The number of carbonyl (C=O) groups excluding carboxylic acids is 1. The topological polar surface area (TPSA) is 66.5 Å². The number of carbonyl (C=O) groups is 1. The van der Waals surface area contributed by atoms with Gasteiger partial charge in [0.25, 0.3) is 0 Å². The van der Waals surface area contributed by atoms with Gasteiger partial charge in [-0.05, 0) is 73.5 Å². The smallest absolute Gasteiger partial charge is 0.248 e. The maximum atomic E-state index is 13.2. The van der Waals surface area contributed by atoms with Crippen molar-refractivity contribution < 1.29 is 13.2 Å². The molecule has 3 rings (SSSR count). The summed E-state index contributed by atoms with van der Waals surface area (Å²) in [4.78, 5) is 17.1. The van der Waals surface area contributed by atoms with E-state index in [-0.39, 0.29) is 10.8 Å². The maximum absolute atomic E-state index is 13.2. The van der Waals surface area contributed by atoms with Gasteiger partial charge in [0.05, 0.1) is 10.9 Å². The summed E-state index contributed by atoms with van der Waals surface area (Å²) >= 11 is 3.24. The number of rotatable bonds is 9. The molecule has 1 amide bonds. The Morgan fingerprint density at radius 3 is 2.09 bits per heavy atom. The van der Waals surface area contributed by atoms with E-state index in [2.05, 4.69) is 11.3 Å². The molecule has 0 aromatic heterocycles. The molecule has 0 radical (unpaired) electrons. The SMILES string of the molecule is C=C/C=C(\C=C/C)S(=O)(=O)NC1C(=O)N(c2ccc(SC)cc2)C1c1ccc(SC)cc1. The summed E-state index contributed by atoms with van der Waals surface area (Å²) in [6.07, 6.45) is 9.92. The second-order valence-corrected chi connectivity index (χ2v) is 10.5. The van der Waals surface area contributed by atoms with Crippen LogP contribution in [0.3, 0.4) is 0 Å². The quantitative estimate of drug-likeness (QED) is 0.302. The van der Waals surface area contributed by atoms with E-state index >= 15 is 0 Å². The molecular formula is C24H26N2O3S3. The van der Waals surface area contributed by atoms with Crippen LogP contribution in [0.2, 0.25) is 0 Å². The number of hydrogen-bond acceptors (Lipinski definition) is 5. The standard InChI is InChI=1S/C24H26N2O3S3/c1-5-7-21(8-6-2)32(28,29)25-22-23(17-9-13-19(30-3)14-10-17)26(24(22)27)18-11-15-20(31-4)16-12-18/h5-16,22-23,25H,1H2,2-4H3/b8-6-,21-7+. The zero-order chi connectivity index (χ0) is 23.3. The highest BCUT2D eigenvalue weighted by Gasteiger charge is 2.50. The largest absolute Gasteiger partial charge is 0.301 e. The molecule has 0 bridgehead atoms. The number of benzene rings is 2. The van der Waals surface area contributed by atoms with E-state index in [1.165, 1.54) is 18.2 Å². The molecule has 8 heteroatoms. The van der Waals surface area contributed by atoms with E-state index in [0.717, 1.165) is 21.0 Å². The minimum atomic E-state index is -3.91. The van der Waals surface area contributed by atoms with Crippen LogP contribution in [0, 0.1) is 0 Å². The maximum Gasteiger partial charge on any atom is 0.248 e. The lowest BCUT2D eigenvalue weighted by Gasteiger charge is -2.47. The van der Waals surface area contributed by atoms with Crippen molar-refractivity contribution in [2.24, 2.45) is 0 Å². The van der Waals surface area contributed by atoms with Crippen LogP contribution in [-0.2, 0) is 14.8 Å². The van der Waals surface area contributed by atoms with Crippen molar-refractivity contribution in [3.8, 4) is 0 Å². The molecule has 0 spiro atoms. The molecular weight excluding hydrogens is 460 g/mol. The Kier molecular flexibility index (Phi) is 8.05. The highest BCUT2D eigenvalue weighted by Crippen LogP contribution is 2.40. The summed E-state index contributed by atoms with van der Waals surface area (Å²) in [6, 6.07) is 14.2. The van der Waals surface area contributed by atoms with Crippen molar-refractivity contribution in [2.75, 3.05) is 17.4 Å². The Morgan fingerprint density at radius 2 is 1.59 bits per heavy atom. The van der Waals surface area contributed by atoms with Gasteiger partial charge in [0.1, 0.15) is 6.04 Å². The molecule has 2 aromatic carbocycles. The van der Waals surface area contributed by atoms with E-state index in [9.17, 15) is 13.2 Å². The predicted octanol–water partition coefficient (Wildman–Crippen LogP) is 5.15. The minimum absolute atomic E-state index is 0.0575. The summed E-state index contributed by atoms with van der Waals surface area (Å²) in [7, 11) is -3.91. The predicted molar refractivity (Wildman–Crippen MR) is 136 cm³/mol. The minimum Gasteiger partial charge on any atom is -0.301 e. The fourth-order valence-electron chi connectivity index (χ4n) is 3.53. The van der Waals surface area contributed by atoms with Crippen LogP contribution < -0.4 is 9.62 Å². The third-order valence-corrected chi connectivity index (χ3v) is 8.05. The van der Waals surface area contributed by atoms with Gasteiger partial charge in [-0.1, -0.05) is 30.9 Å². The van der Waals surface area contributed by atoms with Crippen molar-refractivity contribution in [3.63, 3.8) is 0 Å². The van der Waals surface area contributed by atoms with Gasteiger partial charge < -0.3 is 4.90 Å². The van der Waals surface area contributed by atoms with Crippen LogP contribution >= 0.6 is 23.5 Å². The summed E-state index contributed by atoms with van der Waals surface area (Å²) in [5.41, 5.74) is 1.60. The van der Waals surface area contributed by atoms with Gasteiger partial charge in [-0.3, -0.25) is 4.79 Å². The van der Waals surface area contributed by atoms with Gasteiger partial charge in [-0.25, -0.2) is 8.42 Å². The van der Waals surface area contributed by atoms with Gasteiger partial charge in [-0.2, -0.15) is 4.72 Å². The molecule has 2 atom stereocenters. The Balaban J connectivity index is 1.99. The summed E-state index contributed by atoms with van der Waals surface area (Å²) < 4.78 is 28.6. The lowest BCUT2D eigenvalue weighted by molar-refractivity contribution is -0.126. The van der Waals surface area contributed by atoms with E-state index in [0.29, 0.717) is 0 Å².